The van der Waals surface area contributed by atoms with Gasteiger partial charge in [-0.25, -0.2) is 0 Å². The molecule has 0 saturated carbocycles. The lowest BCUT2D eigenvalue weighted by Gasteiger charge is -2.15. The number of nitrogens with zero attached hydrogens (tertiary/aromatic N) is 1. The van der Waals surface area contributed by atoms with Gasteiger partial charge in [0.2, 0.25) is 5.91 Å². The molecule has 1 heterocycles. The molecule has 0 aromatic carbocycles. The lowest BCUT2D eigenvalue weighted by Crippen LogP contribution is -2.42. The molecule has 2 atom stereocenters. The second-order valence-electron chi connectivity index (χ2n) is 3.88. The van der Waals surface area contributed by atoms with Crippen LogP contribution in [0.15, 0.2) is 0 Å². The van der Waals surface area contributed by atoms with Gasteiger partial charge in [0.1, 0.15) is 0 Å². The largest absolute Gasteiger partial charge is 0.393 e. The molecule has 4 nitrogen and oxygen atoms in total. The monoisotopic (exact) mass is 215 g/mol. The third kappa shape index (κ3) is 2.92. The van der Waals surface area contributed by atoms with Crippen molar-refractivity contribution in [2.75, 3.05) is 20.1 Å². The van der Waals surface area contributed by atoms with Crippen molar-refractivity contribution in [1.29, 1.82) is 0 Å². The fraction of sp³-hybridized carbons (Fsp3) is 0.778. The quantitative estimate of drug-likeness (QED) is 0.636. The van der Waals surface area contributed by atoms with Crippen LogP contribution in [0.4, 0.5) is 0 Å². The normalized spacial score (nSPS) is 24.6. The van der Waals surface area contributed by atoms with Gasteiger partial charge < -0.3 is 16.0 Å². The maximum absolute atomic E-state index is 11.6. The predicted molar refractivity (Wildman–Crippen MR) is 60.0 cm³/mol. The fourth-order valence-electron chi connectivity index (χ4n) is 1.51. The number of hydrogen-bond donors (Lipinski definition) is 2. The molecule has 1 amide bonds. The molecule has 0 radical (unpaired) electrons. The minimum Gasteiger partial charge on any atom is -0.393 e. The van der Waals surface area contributed by atoms with Crippen LogP contribution < -0.4 is 11.1 Å². The van der Waals surface area contributed by atoms with Gasteiger partial charge in [-0.1, -0.05) is 12.2 Å². The number of carbonyl (C=O) groups excluding carboxylic acids is 1. The van der Waals surface area contributed by atoms with Gasteiger partial charge in [0.15, 0.2) is 0 Å². The third-order valence-corrected chi connectivity index (χ3v) is 2.91. The van der Waals surface area contributed by atoms with Gasteiger partial charge in [-0.05, 0) is 26.9 Å². The highest BCUT2D eigenvalue weighted by molar-refractivity contribution is 7.80. The number of amides is 1. The topological polar surface area (TPSA) is 58.4 Å². The lowest BCUT2D eigenvalue weighted by molar-refractivity contribution is -0.123. The average Bonchev–Trinajstić information content (AvgIpc) is 2.49. The van der Waals surface area contributed by atoms with Crippen LogP contribution >= 0.6 is 12.2 Å². The molecule has 1 saturated heterocycles. The van der Waals surface area contributed by atoms with Crippen molar-refractivity contribution in [1.82, 2.24) is 10.2 Å². The Morgan fingerprint density at radius 1 is 1.71 bits per heavy atom. The molecule has 3 N–H and O–H groups in total. The maximum atomic E-state index is 11.6. The number of nitrogens with two attached hydrogens (primary N) is 1. The lowest BCUT2D eigenvalue weighted by atomic mass is 10.1. The van der Waals surface area contributed by atoms with E-state index in [0.717, 1.165) is 19.5 Å². The maximum Gasteiger partial charge on any atom is 0.229 e. The van der Waals surface area contributed by atoms with Crippen LogP contribution in [0.25, 0.3) is 0 Å². The number of nitrogens with one attached hydrogen (secondary N) is 1. The van der Waals surface area contributed by atoms with Crippen LogP contribution in [0.1, 0.15) is 13.3 Å². The summed E-state index contributed by atoms with van der Waals surface area (Å²) < 4.78 is 0. The van der Waals surface area contributed by atoms with Crippen molar-refractivity contribution in [2.45, 2.75) is 19.4 Å². The van der Waals surface area contributed by atoms with Crippen molar-refractivity contribution in [3.05, 3.63) is 0 Å². The zero-order valence-corrected chi connectivity index (χ0v) is 9.43. The number of likely N-dealkylation sites (tertiary alicyclic amines) is 1. The Balaban J connectivity index is 2.37. The number of rotatable bonds is 3. The summed E-state index contributed by atoms with van der Waals surface area (Å²) in [5.74, 6) is -0.422. The van der Waals surface area contributed by atoms with E-state index in [-0.39, 0.29) is 22.9 Å². The highest BCUT2D eigenvalue weighted by Crippen LogP contribution is 2.07. The van der Waals surface area contributed by atoms with Crippen molar-refractivity contribution >= 4 is 23.1 Å². The van der Waals surface area contributed by atoms with E-state index in [1.54, 1.807) is 6.92 Å². The van der Waals surface area contributed by atoms with Crippen LogP contribution in [0.3, 0.4) is 0 Å². The van der Waals surface area contributed by atoms with E-state index in [2.05, 4.69) is 10.2 Å². The average molecular weight is 215 g/mol. The Morgan fingerprint density at radius 2 is 2.36 bits per heavy atom. The molecule has 2 unspecified atom stereocenters. The van der Waals surface area contributed by atoms with E-state index in [1.165, 1.54) is 0 Å². The van der Waals surface area contributed by atoms with Gasteiger partial charge in [0.25, 0.3) is 0 Å². The minimum atomic E-state index is -0.365. The summed E-state index contributed by atoms with van der Waals surface area (Å²) in [6, 6.07) is 0.254. The first-order valence-corrected chi connectivity index (χ1v) is 5.19. The Kier molecular flexibility index (Phi) is 3.83. The zero-order chi connectivity index (χ0) is 10.7. The molecule has 1 aliphatic rings. The standard InChI is InChI=1S/C9H17N3OS/c1-6(8(10)14)9(13)11-7-3-4-12(2)5-7/h6-7H,3-5H2,1-2H3,(H2,10,14)(H,11,13). The fourth-order valence-corrected chi connectivity index (χ4v) is 1.62. The molecule has 5 heteroatoms. The Morgan fingerprint density at radius 3 is 2.79 bits per heavy atom. The van der Waals surface area contributed by atoms with Crippen LogP contribution in [0.2, 0.25) is 0 Å². The number of carbonyl (C=O) groups is 1. The van der Waals surface area contributed by atoms with Crippen LogP contribution in [-0.4, -0.2) is 42.0 Å². The first-order chi connectivity index (χ1) is 6.50. The van der Waals surface area contributed by atoms with E-state index in [1.807, 2.05) is 7.05 Å². The first-order valence-electron chi connectivity index (χ1n) is 4.79. The summed E-state index contributed by atoms with van der Waals surface area (Å²) in [5.41, 5.74) is 5.40. The molecule has 1 rings (SSSR count). The van der Waals surface area contributed by atoms with Crippen molar-refractivity contribution in [2.24, 2.45) is 11.7 Å². The first kappa shape index (κ1) is 11.4. The second kappa shape index (κ2) is 4.70. The van der Waals surface area contributed by atoms with E-state index in [9.17, 15) is 4.79 Å². The van der Waals surface area contributed by atoms with Gasteiger partial charge in [0, 0.05) is 12.6 Å². The van der Waals surface area contributed by atoms with Crippen molar-refractivity contribution in [3.8, 4) is 0 Å². The van der Waals surface area contributed by atoms with E-state index in [0.29, 0.717) is 0 Å². The molecular formula is C9H17N3OS. The third-order valence-electron chi connectivity index (χ3n) is 2.56. The van der Waals surface area contributed by atoms with Crippen LogP contribution in [-0.2, 0) is 4.79 Å². The van der Waals surface area contributed by atoms with Gasteiger partial charge in [-0.2, -0.15) is 0 Å². The number of hydrogen-bond acceptors (Lipinski definition) is 3. The summed E-state index contributed by atoms with van der Waals surface area (Å²) in [6.45, 7) is 3.68. The number of thiocarbonyl (C=S) groups is 1. The molecule has 1 aliphatic heterocycles. The summed E-state index contributed by atoms with van der Waals surface area (Å²) in [5, 5.41) is 2.94. The highest BCUT2D eigenvalue weighted by atomic mass is 32.1. The molecule has 1 fully saturated rings. The van der Waals surface area contributed by atoms with Gasteiger partial charge in [-0.3, -0.25) is 4.79 Å². The second-order valence-corrected chi connectivity index (χ2v) is 4.35. The molecule has 0 aromatic heterocycles. The van der Waals surface area contributed by atoms with E-state index < -0.39 is 0 Å². The van der Waals surface area contributed by atoms with Crippen molar-refractivity contribution in [3.63, 3.8) is 0 Å². The summed E-state index contributed by atoms with van der Waals surface area (Å²) >= 11 is 4.77. The Hall–Kier alpha value is -0.680. The summed E-state index contributed by atoms with van der Waals surface area (Å²) in [7, 11) is 2.04. The Labute approximate surface area is 89.8 Å². The minimum absolute atomic E-state index is 0.0576. The smallest absolute Gasteiger partial charge is 0.229 e. The van der Waals surface area contributed by atoms with E-state index >= 15 is 0 Å². The molecule has 14 heavy (non-hydrogen) atoms. The SMILES string of the molecule is CC(C(=O)NC1CCN(C)C1)C(N)=S. The van der Waals surface area contributed by atoms with Gasteiger partial charge >= 0.3 is 0 Å². The van der Waals surface area contributed by atoms with Crippen LogP contribution in [0.5, 0.6) is 0 Å². The Bertz CT molecular complexity index is 244. The summed E-state index contributed by atoms with van der Waals surface area (Å²) in [6.07, 6.45) is 1.01. The molecule has 0 bridgehead atoms. The zero-order valence-electron chi connectivity index (χ0n) is 8.62. The summed E-state index contributed by atoms with van der Waals surface area (Å²) in [4.78, 5) is 14.0. The van der Waals surface area contributed by atoms with Gasteiger partial charge in [0.05, 0.1) is 10.9 Å². The van der Waals surface area contributed by atoms with Crippen molar-refractivity contribution < 1.29 is 4.79 Å². The molecule has 0 aromatic rings. The molecule has 0 spiro atoms. The van der Waals surface area contributed by atoms with Crippen LogP contribution in [0, 0.1) is 5.92 Å². The molecule has 80 valence electrons. The molecule has 0 aliphatic carbocycles. The number of likely N-dealkylation sites (N-methyl/N-ethyl adjacent to an activating group) is 1. The van der Waals surface area contributed by atoms with E-state index in [4.69, 9.17) is 18.0 Å². The van der Waals surface area contributed by atoms with Gasteiger partial charge in [-0.15, -0.1) is 0 Å². The molecular weight excluding hydrogens is 198 g/mol. The highest BCUT2D eigenvalue weighted by Gasteiger charge is 2.24. The predicted octanol–water partition coefficient (Wildman–Crippen LogP) is -0.271.